The number of methoxy groups -OCH3 is 1. The number of aromatic nitrogens is 1. The molecule has 1 aromatic carbocycles. The highest BCUT2D eigenvalue weighted by Gasteiger charge is 2.31. The van der Waals surface area contributed by atoms with Crippen molar-refractivity contribution >= 4 is 38.8 Å². The Hall–Kier alpha value is -2.44. The molecule has 128 valence electrons. The Bertz CT molecular complexity index is 980. The third-order valence-electron chi connectivity index (χ3n) is 4.43. The lowest BCUT2D eigenvalue weighted by molar-refractivity contribution is 0.0990. The molecule has 4 rings (SSSR count). The number of fused-ring (bicyclic) bond motifs is 3. The molecule has 3 heterocycles. The number of hydrogen-bond acceptors (Lipinski definition) is 5. The average molecular weight is 353 g/mol. The SMILES string of the molecule is COCc1cc(C)nc2sc3c(c12)NCN(c1ccccc1C)C3=O. The van der Waals surface area contributed by atoms with Gasteiger partial charge in [-0.1, -0.05) is 18.2 Å². The topological polar surface area (TPSA) is 54.5 Å². The van der Waals surface area contributed by atoms with Gasteiger partial charge in [-0.25, -0.2) is 4.98 Å². The number of thiophene rings is 1. The number of anilines is 2. The van der Waals surface area contributed by atoms with Crippen molar-refractivity contribution in [3.8, 4) is 0 Å². The average Bonchev–Trinajstić information content (AvgIpc) is 2.96. The van der Waals surface area contributed by atoms with Crippen molar-refractivity contribution in [2.24, 2.45) is 0 Å². The smallest absolute Gasteiger partial charge is 0.272 e. The van der Waals surface area contributed by atoms with Crippen LogP contribution in [0.3, 0.4) is 0 Å². The quantitative estimate of drug-likeness (QED) is 0.770. The molecule has 0 fully saturated rings. The predicted molar refractivity (Wildman–Crippen MR) is 102 cm³/mol. The van der Waals surface area contributed by atoms with Crippen molar-refractivity contribution in [2.75, 3.05) is 24.0 Å². The summed E-state index contributed by atoms with van der Waals surface area (Å²) in [5, 5.41) is 4.43. The summed E-state index contributed by atoms with van der Waals surface area (Å²) in [5.41, 5.74) is 4.89. The Balaban J connectivity index is 1.85. The zero-order valence-electron chi connectivity index (χ0n) is 14.4. The molecule has 0 radical (unpaired) electrons. The van der Waals surface area contributed by atoms with Gasteiger partial charge in [0, 0.05) is 23.9 Å². The molecule has 1 N–H and O–H groups in total. The molecule has 1 amide bonds. The molecule has 3 aromatic rings. The van der Waals surface area contributed by atoms with Gasteiger partial charge in [0.2, 0.25) is 0 Å². The van der Waals surface area contributed by atoms with Crippen LogP contribution in [0.5, 0.6) is 0 Å². The van der Waals surface area contributed by atoms with Crippen LogP contribution in [0, 0.1) is 13.8 Å². The van der Waals surface area contributed by atoms with E-state index in [4.69, 9.17) is 4.74 Å². The molecule has 1 aliphatic heterocycles. The minimum absolute atomic E-state index is 0.0204. The van der Waals surface area contributed by atoms with E-state index in [1.807, 2.05) is 44.2 Å². The normalized spacial score (nSPS) is 13.9. The minimum Gasteiger partial charge on any atom is -0.380 e. The molecular formula is C19H19N3O2S. The number of aryl methyl sites for hydroxylation is 2. The lowest BCUT2D eigenvalue weighted by Gasteiger charge is -2.29. The van der Waals surface area contributed by atoms with Crippen LogP contribution in [0.15, 0.2) is 30.3 Å². The molecule has 0 bridgehead atoms. The van der Waals surface area contributed by atoms with E-state index in [0.29, 0.717) is 18.2 Å². The molecule has 0 aliphatic carbocycles. The number of hydrogen-bond donors (Lipinski definition) is 1. The molecule has 2 aromatic heterocycles. The summed E-state index contributed by atoms with van der Waals surface area (Å²) >= 11 is 1.45. The van der Waals surface area contributed by atoms with Crippen LogP contribution in [0.25, 0.3) is 10.2 Å². The summed E-state index contributed by atoms with van der Waals surface area (Å²) in [7, 11) is 1.68. The number of carbonyl (C=O) groups is 1. The first-order chi connectivity index (χ1) is 12.1. The fourth-order valence-electron chi connectivity index (χ4n) is 3.31. The number of amides is 1. The van der Waals surface area contributed by atoms with Gasteiger partial charge in [0.1, 0.15) is 9.71 Å². The lowest BCUT2D eigenvalue weighted by atomic mass is 10.1. The molecule has 0 saturated carbocycles. The number of nitrogens with one attached hydrogen (secondary N) is 1. The van der Waals surface area contributed by atoms with Crippen molar-refractivity contribution in [2.45, 2.75) is 20.5 Å². The first-order valence-electron chi connectivity index (χ1n) is 8.13. The van der Waals surface area contributed by atoms with E-state index in [-0.39, 0.29) is 5.91 Å². The fourth-order valence-corrected chi connectivity index (χ4v) is 4.51. The van der Waals surface area contributed by atoms with Crippen LogP contribution in [0.1, 0.15) is 26.5 Å². The van der Waals surface area contributed by atoms with Crippen LogP contribution in [0.2, 0.25) is 0 Å². The summed E-state index contributed by atoms with van der Waals surface area (Å²) in [6, 6.07) is 9.96. The second kappa shape index (κ2) is 6.13. The number of rotatable bonds is 3. The number of para-hydroxylation sites is 1. The second-order valence-electron chi connectivity index (χ2n) is 6.20. The Morgan fingerprint density at radius 1 is 1.32 bits per heavy atom. The first-order valence-corrected chi connectivity index (χ1v) is 8.95. The summed E-state index contributed by atoms with van der Waals surface area (Å²) in [4.78, 5) is 21.1. The van der Waals surface area contributed by atoms with E-state index in [0.717, 1.165) is 38.4 Å². The molecule has 0 atom stereocenters. The number of nitrogens with zero attached hydrogens (tertiary/aromatic N) is 2. The highest BCUT2D eigenvalue weighted by molar-refractivity contribution is 7.21. The molecule has 5 nitrogen and oxygen atoms in total. The van der Waals surface area contributed by atoms with Crippen LogP contribution in [0.4, 0.5) is 11.4 Å². The molecule has 0 unspecified atom stereocenters. The minimum atomic E-state index is 0.0204. The van der Waals surface area contributed by atoms with Gasteiger partial charge in [-0.05, 0) is 37.1 Å². The fraction of sp³-hybridized carbons (Fsp3) is 0.263. The Kier molecular flexibility index (Phi) is 3.94. The highest BCUT2D eigenvalue weighted by Crippen LogP contribution is 2.41. The van der Waals surface area contributed by atoms with Crippen molar-refractivity contribution in [1.82, 2.24) is 4.98 Å². The predicted octanol–water partition coefficient (Wildman–Crippen LogP) is 4.09. The Labute approximate surface area is 150 Å². The molecule has 0 spiro atoms. The first kappa shape index (κ1) is 16.1. The summed E-state index contributed by atoms with van der Waals surface area (Å²) in [6.45, 7) is 4.93. The number of benzene rings is 1. The number of pyridine rings is 1. The second-order valence-corrected chi connectivity index (χ2v) is 7.20. The van der Waals surface area contributed by atoms with E-state index in [2.05, 4.69) is 10.3 Å². The Morgan fingerprint density at radius 2 is 2.12 bits per heavy atom. The van der Waals surface area contributed by atoms with Gasteiger partial charge < -0.3 is 10.1 Å². The zero-order chi connectivity index (χ0) is 17.6. The van der Waals surface area contributed by atoms with Crippen molar-refractivity contribution < 1.29 is 9.53 Å². The zero-order valence-corrected chi connectivity index (χ0v) is 15.2. The van der Waals surface area contributed by atoms with E-state index in [1.165, 1.54) is 11.3 Å². The maximum absolute atomic E-state index is 13.1. The van der Waals surface area contributed by atoms with Crippen molar-refractivity contribution in [1.29, 1.82) is 0 Å². The van der Waals surface area contributed by atoms with Crippen LogP contribution < -0.4 is 10.2 Å². The monoisotopic (exact) mass is 353 g/mol. The van der Waals surface area contributed by atoms with Crippen LogP contribution >= 0.6 is 11.3 Å². The van der Waals surface area contributed by atoms with Gasteiger partial charge in [0.05, 0.1) is 19.0 Å². The van der Waals surface area contributed by atoms with Gasteiger partial charge >= 0.3 is 0 Å². The summed E-state index contributed by atoms with van der Waals surface area (Å²) in [6.07, 6.45) is 0. The maximum atomic E-state index is 13.1. The lowest BCUT2D eigenvalue weighted by Crippen LogP contribution is -2.39. The highest BCUT2D eigenvalue weighted by atomic mass is 32.1. The summed E-state index contributed by atoms with van der Waals surface area (Å²) < 4.78 is 5.34. The van der Waals surface area contributed by atoms with Crippen LogP contribution in [-0.4, -0.2) is 24.7 Å². The van der Waals surface area contributed by atoms with Gasteiger partial charge in [-0.3, -0.25) is 9.69 Å². The molecular weight excluding hydrogens is 334 g/mol. The molecule has 6 heteroatoms. The number of carbonyl (C=O) groups excluding carboxylic acids is 1. The maximum Gasteiger partial charge on any atom is 0.272 e. The molecule has 25 heavy (non-hydrogen) atoms. The Morgan fingerprint density at radius 3 is 2.88 bits per heavy atom. The number of ether oxygens (including phenoxy) is 1. The largest absolute Gasteiger partial charge is 0.380 e. The molecule has 0 saturated heterocycles. The molecule has 1 aliphatic rings. The van der Waals surface area contributed by atoms with Crippen molar-refractivity contribution in [3.63, 3.8) is 0 Å². The third kappa shape index (κ3) is 2.58. The summed E-state index contributed by atoms with van der Waals surface area (Å²) in [5.74, 6) is 0.0204. The van der Waals surface area contributed by atoms with Gasteiger partial charge in [-0.15, -0.1) is 11.3 Å². The van der Waals surface area contributed by atoms with Gasteiger partial charge in [-0.2, -0.15) is 0 Å². The van der Waals surface area contributed by atoms with E-state index in [9.17, 15) is 4.79 Å². The standard InChI is InChI=1S/C19H19N3O2S/c1-11-6-4-5-7-14(11)22-10-20-16-15-13(9-24-3)8-12(2)21-18(15)25-17(16)19(22)23/h4-8,20H,9-10H2,1-3H3. The van der Waals surface area contributed by atoms with Gasteiger partial charge in [0.25, 0.3) is 5.91 Å². The van der Waals surface area contributed by atoms with E-state index in [1.54, 1.807) is 12.0 Å². The van der Waals surface area contributed by atoms with E-state index >= 15 is 0 Å². The third-order valence-corrected chi connectivity index (χ3v) is 5.50. The van der Waals surface area contributed by atoms with Crippen LogP contribution in [-0.2, 0) is 11.3 Å². The van der Waals surface area contributed by atoms with Gasteiger partial charge in [0.15, 0.2) is 0 Å². The van der Waals surface area contributed by atoms with Crippen molar-refractivity contribution in [3.05, 3.63) is 52.0 Å². The van der Waals surface area contributed by atoms with E-state index < -0.39 is 0 Å².